The Kier molecular flexibility index (Phi) is 7.72. The summed E-state index contributed by atoms with van der Waals surface area (Å²) in [5.41, 5.74) is 12.5. The summed E-state index contributed by atoms with van der Waals surface area (Å²) >= 11 is 10.1. The van der Waals surface area contributed by atoms with Gasteiger partial charge in [-0.15, -0.1) is 0 Å². The van der Waals surface area contributed by atoms with E-state index in [2.05, 4.69) is 36.6 Å². The Morgan fingerprint density at radius 1 is 1.09 bits per heavy atom. The number of benzene rings is 1. The summed E-state index contributed by atoms with van der Waals surface area (Å²) < 4.78 is 0. The first-order valence-electron chi connectivity index (χ1n) is 7.56. The summed E-state index contributed by atoms with van der Waals surface area (Å²) in [5.74, 6) is -0.251. The molecular formula is C16H26N4S2. The predicted octanol–water partition coefficient (Wildman–Crippen LogP) is 2.44. The van der Waals surface area contributed by atoms with Gasteiger partial charge in [0.25, 0.3) is 0 Å². The van der Waals surface area contributed by atoms with Crippen molar-refractivity contribution >= 4 is 40.1 Å². The fourth-order valence-electron chi connectivity index (χ4n) is 2.30. The van der Waals surface area contributed by atoms with Gasteiger partial charge in [-0.25, -0.2) is 0 Å². The van der Waals surface area contributed by atoms with E-state index in [9.17, 15) is 0 Å². The average molecular weight is 339 g/mol. The lowest BCUT2D eigenvalue weighted by molar-refractivity contribution is 0.317. The molecule has 1 rings (SSSR count). The van der Waals surface area contributed by atoms with Gasteiger partial charge in [0.15, 0.2) is 0 Å². The van der Waals surface area contributed by atoms with Crippen LogP contribution < -0.4 is 22.1 Å². The van der Waals surface area contributed by atoms with E-state index in [-0.39, 0.29) is 11.5 Å². The maximum atomic E-state index is 5.72. The highest BCUT2D eigenvalue weighted by molar-refractivity contribution is 7.82. The molecule has 0 aliphatic heterocycles. The number of rotatable bonds is 10. The molecule has 0 saturated heterocycles. The van der Waals surface area contributed by atoms with E-state index >= 15 is 0 Å². The molecule has 0 bridgehead atoms. The highest BCUT2D eigenvalue weighted by Crippen LogP contribution is 2.17. The molecule has 0 atom stereocenters. The van der Waals surface area contributed by atoms with Gasteiger partial charge >= 0.3 is 0 Å². The van der Waals surface area contributed by atoms with Crippen molar-refractivity contribution in [1.29, 1.82) is 0 Å². The zero-order chi connectivity index (χ0) is 16.6. The topological polar surface area (TPSA) is 76.1 Å². The second-order valence-corrected chi connectivity index (χ2v) is 6.39. The Balaban J connectivity index is 2.69. The third kappa shape index (κ3) is 5.51. The summed E-state index contributed by atoms with van der Waals surface area (Å²) in [6.07, 6.45) is 1.95. The largest absolute Gasteiger partial charge is 0.393 e. The molecule has 0 fully saturated rings. The molecule has 1 aromatic rings. The Labute approximate surface area is 144 Å². The van der Waals surface area contributed by atoms with E-state index in [1.165, 1.54) is 0 Å². The van der Waals surface area contributed by atoms with E-state index < -0.39 is 0 Å². The lowest BCUT2D eigenvalue weighted by atomic mass is 9.91. The molecule has 0 unspecified atom stereocenters. The van der Waals surface area contributed by atoms with Crippen molar-refractivity contribution < 1.29 is 0 Å². The van der Waals surface area contributed by atoms with Crippen LogP contribution in [-0.2, 0) is 0 Å². The highest BCUT2D eigenvalue weighted by atomic mass is 32.1. The predicted molar refractivity (Wildman–Crippen MR) is 103 cm³/mol. The lowest BCUT2D eigenvalue weighted by Gasteiger charge is -2.35. The molecule has 22 heavy (non-hydrogen) atoms. The van der Waals surface area contributed by atoms with E-state index in [4.69, 9.17) is 35.9 Å². The number of para-hydroxylation sites is 1. The summed E-state index contributed by atoms with van der Waals surface area (Å²) in [4.78, 5) is 0.689. The monoisotopic (exact) mass is 338 g/mol. The Hall–Kier alpha value is -1.24. The van der Waals surface area contributed by atoms with Crippen LogP contribution in [0.5, 0.6) is 0 Å². The Bertz CT molecular complexity index is 472. The van der Waals surface area contributed by atoms with Crippen molar-refractivity contribution in [1.82, 2.24) is 5.32 Å². The van der Waals surface area contributed by atoms with Gasteiger partial charge in [0.05, 0.1) is 15.9 Å². The second kappa shape index (κ2) is 9.02. The number of nitrogens with two attached hydrogens (primary N) is 2. The molecule has 122 valence electrons. The summed E-state index contributed by atoms with van der Waals surface area (Å²) in [6, 6.07) is 10.2. The van der Waals surface area contributed by atoms with Gasteiger partial charge in [-0.2, -0.15) is 0 Å². The Morgan fingerprint density at radius 3 is 2.09 bits per heavy atom. The molecule has 0 aromatic heterocycles. The van der Waals surface area contributed by atoms with Gasteiger partial charge in [0, 0.05) is 24.3 Å². The first kappa shape index (κ1) is 18.8. The smallest absolute Gasteiger partial charge is 0.0840 e. The summed E-state index contributed by atoms with van der Waals surface area (Å²) in [5, 5.41) is 7.05. The summed E-state index contributed by atoms with van der Waals surface area (Å²) in [6.45, 7) is 5.72. The SMILES string of the molecule is CCC(CC)(CNc1ccccc1)NCC(C(N)=S)C(N)=S. The second-order valence-electron chi connectivity index (χ2n) is 5.45. The van der Waals surface area contributed by atoms with Gasteiger partial charge in [0.1, 0.15) is 0 Å². The average Bonchev–Trinajstić information content (AvgIpc) is 2.51. The number of hydrogen-bond donors (Lipinski definition) is 4. The van der Waals surface area contributed by atoms with Gasteiger partial charge in [0.2, 0.25) is 0 Å². The van der Waals surface area contributed by atoms with Crippen LogP contribution in [0.25, 0.3) is 0 Å². The molecule has 1 aromatic carbocycles. The fourth-order valence-corrected chi connectivity index (χ4v) is 2.79. The van der Waals surface area contributed by atoms with Crippen molar-refractivity contribution in [3.05, 3.63) is 30.3 Å². The van der Waals surface area contributed by atoms with Crippen molar-refractivity contribution in [2.45, 2.75) is 32.2 Å². The minimum atomic E-state index is -0.251. The maximum Gasteiger partial charge on any atom is 0.0840 e. The van der Waals surface area contributed by atoms with Crippen LogP contribution in [0.4, 0.5) is 5.69 Å². The minimum Gasteiger partial charge on any atom is -0.393 e. The molecule has 0 aliphatic rings. The molecule has 0 radical (unpaired) electrons. The number of hydrogen-bond acceptors (Lipinski definition) is 4. The van der Waals surface area contributed by atoms with E-state index in [0.29, 0.717) is 16.5 Å². The third-order valence-electron chi connectivity index (χ3n) is 4.13. The van der Waals surface area contributed by atoms with Crippen LogP contribution in [0.15, 0.2) is 30.3 Å². The maximum absolute atomic E-state index is 5.72. The lowest BCUT2D eigenvalue weighted by Crippen LogP contribution is -2.53. The van der Waals surface area contributed by atoms with E-state index in [0.717, 1.165) is 25.1 Å². The van der Waals surface area contributed by atoms with Crippen molar-refractivity contribution in [3.8, 4) is 0 Å². The van der Waals surface area contributed by atoms with Crippen molar-refractivity contribution in [2.75, 3.05) is 18.4 Å². The first-order valence-corrected chi connectivity index (χ1v) is 8.38. The van der Waals surface area contributed by atoms with Crippen LogP contribution >= 0.6 is 24.4 Å². The van der Waals surface area contributed by atoms with Crippen LogP contribution in [0.3, 0.4) is 0 Å². The fraction of sp³-hybridized carbons (Fsp3) is 0.500. The molecule has 0 aliphatic carbocycles. The quantitative estimate of drug-likeness (QED) is 0.491. The van der Waals surface area contributed by atoms with Gasteiger partial charge in [-0.05, 0) is 25.0 Å². The zero-order valence-electron chi connectivity index (χ0n) is 13.3. The molecule has 4 nitrogen and oxygen atoms in total. The van der Waals surface area contributed by atoms with E-state index in [1.54, 1.807) is 0 Å². The molecule has 0 spiro atoms. The molecule has 6 heteroatoms. The van der Waals surface area contributed by atoms with E-state index in [1.807, 2.05) is 18.2 Å². The third-order valence-corrected chi connectivity index (χ3v) is 4.70. The first-order chi connectivity index (χ1) is 10.4. The Morgan fingerprint density at radius 2 is 1.64 bits per heavy atom. The van der Waals surface area contributed by atoms with Crippen LogP contribution in [0.1, 0.15) is 26.7 Å². The molecule has 6 N–H and O–H groups in total. The highest BCUT2D eigenvalue weighted by Gasteiger charge is 2.27. The van der Waals surface area contributed by atoms with Crippen molar-refractivity contribution in [3.63, 3.8) is 0 Å². The number of anilines is 1. The molecule has 0 saturated carbocycles. The van der Waals surface area contributed by atoms with Crippen LogP contribution in [-0.4, -0.2) is 28.6 Å². The van der Waals surface area contributed by atoms with Gasteiger partial charge < -0.3 is 22.1 Å². The van der Waals surface area contributed by atoms with Crippen LogP contribution in [0, 0.1) is 5.92 Å². The van der Waals surface area contributed by atoms with Gasteiger partial charge in [-0.1, -0.05) is 56.5 Å². The van der Waals surface area contributed by atoms with Crippen molar-refractivity contribution in [2.24, 2.45) is 17.4 Å². The normalized spacial score (nSPS) is 11.4. The molecular weight excluding hydrogens is 312 g/mol. The minimum absolute atomic E-state index is 0.0519. The molecule has 0 amide bonds. The van der Waals surface area contributed by atoms with Crippen LogP contribution in [0.2, 0.25) is 0 Å². The van der Waals surface area contributed by atoms with Gasteiger partial charge in [-0.3, -0.25) is 0 Å². The summed E-state index contributed by atoms with van der Waals surface area (Å²) in [7, 11) is 0. The number of thiocarbonyl (C=S) groups is 2. The number of nitrogens with one attached hydrogen (secondary N) is 2. The molecule has 0 heterocycles. The standard InChI is InChI=1S/C16H26N4S2/c1-3-16(4-2,11-19-12-8-6-5-7-9-12)20-10-13(14(17)21)15(18)22/h5-9,13,19-20H,3-4,10-11H2,1-2H3,(H2,17,21)(H2,18,22). The zero-order valence-corrected chi connectivity index (χ0v) is 14.9.